The van der Waals surface area contributed by atoms with Crippen LogP contribution in [0.2, 0.25) is 0 Å². The minimum atomic E-state index is 0.952. The van der Waals surface area contributed by atoms with Crippen molar-refractivity contribution in [1.29, 1.82) is 0 Å². The number of fused-ring (bicyclic) bond motifs is 2. The fourth-order valence-corrected chi connectivity index (χ4v) is 5.83. The number of thiazole rings is 1. The van der Waals surface area contributed by atoms with Crippen molar-refractivity contribution in [3.63, 3.8) is 0 Å². The lowest BCUT2D eigenvalue weighted by atomic mass is 10.0. The minimum absolute atomic E-state index is 0.952. The van der Waals surface area contributed by atoms with Crippen molar-refractivity contribution >= 4 is 37.9 Å². The zero-order valence-corrected chi connectivity index (χ0v) is 16.1. The first kappa shape index (κ1) is 16.1. The third-order valence-electron chi connectivity index (χ3n) is 4.68. The van der Waals surface area contributed by atoms with E-state index in [0.717, 1.165) is 38.1 Å². The molecule has 0 unspecified atom stereocenters. The van der Waals surface area contributed by atoms with Gasteiger partial charge >= 0.3 is 0 Å². The lowest BCUT2D eigenvalue weighted by Crippen LogP contribution is -2.29. The maximum Gasteiger partial charge on any atom is 0.127 e. The molecule has 0 bridgehead atoms. The fourth-order valence-electron chi connectivity index (χ4n) is 3.38. The van der Waals surface area contributed by atoms with E-state index in [9.17, 15) is 0 Å². The van der Waals surface area contributed by atoms with E-state index in [-0.39, 0.29) is 0 Å². The standard InChI is InChI=1S/C19H23N3S2/c1-4-20-18-17(13-8-9-22(5-2)11-16(13)24-18)19-21-14-10-12(3)6-7-15(14)23-19/h6-7,10,20H,4-5,8-9,11H2,1-3H3. The Balaban J connectivity index is 1.84. The summed E-state index contributed by atoms with van der Waals surface area (Å²) >= 11 is 3.75. The highest BCUT2D eigenvalue weighted by Crippen LogP contribution is 2.45. The van der Waals surface area contributed by atoms with E-state index in [2.05, 4.69) is 49.2 Å². The lowest BCUT2D eigenvalue weighted by molar-refractivity contribution is 0.272. The van der Waals surface area contributed by atoms with Gasteiger partial charge in [0.05, 0.1) is 15.2 Å². The number of thiophene rings is 1. The first-order valence-electron chi connectivity index (χ1n) is 8.68. The summed E-state index contributed by atoms with van der Waals surface area (Å²) in [7, 11) is 0. The molecule has 1 aliphatic heterocycles. The highest BCUT2D eigenvalue weighted by atomic mass is 32.1. The number of nitrogens with zero attached hydrogens (tertiary/aromatic N) is 2. The molecule has 3 heterocycles. The van der Waals surface area contributed by atoms with Crippen molar-refractivity contribution in [1.82, 2.24) is 9.88 Å². The molecule has 5 heteroatoms. The van der Waals surface area contributed by atoms with Crippen LogP contribution >= 0.6 is 22.7 Å². The van der Waals surface area contributed by atoms with Gasteiger partial charge in [0, 0.05) is 30.1 Å². The van der Waals surface area contributed by atoms with Crippen molar-refractivity contribution < 1.29 is 0 Å². The van der Waals surface area contributed by atoms with E-state index >= 15 is 0 Å². The van der Waals surface area contributed by atoms with E-state index in [0.29, 0.717) is 0 Å². The Labute approximate surface area is 151 Å². The number of aryl methyl sites for hydroxylation is 1. The minimum Gasteiger partial charge on any atom is -0.377 e. The summed E-state index contributed by atoms with van der Waals surface area (Å²) in [5.74, 6) is 0. The summed E-state index contributed by atoms with van der Waals surface area (Å²) in [5.41, 5.74) is 5.29. The average Bonchev–Trinajstić information content (AvgIpc) is 3.14. The molecule has 0 atom stereocenters. The summed E-state index contributed by atoms with van der Waals surface area (Å²) in [6.07, 6.45) is 1.13. The zero-order chi connectivity index (χ0) is 16.7. The summed E-state index contributed by atoms with van der Waals surface area (Å²) < 4.78 is 1.28. The SMILES string of the molecule is CCNc1sc2c(c1-c1nc3cc(C)ccc3s1)CCN(CC)C2. The van der Waals surface area contributed by atoms with E-state index in [1.807, 2.05) is 22.7 Å². The molecule has 1 aliphatic rings. The van der Waals surface area contributed by atoms with Gasteiger partial charge in [-0.25, -0.2) is 4.98 Å². The van der Waals surface area contributed by atoms with Crippen LogP contribution in [0.4, 0.5) is 5.00 Å². The fraction of sp³-hybridized carbons (Fsp3) is 0.421. The molecule has 0 fully saturated rings. The highest BCUT2D eigenvalue weighted by molar-refractivity contribution is 7.22. The second-order valence-electron chi connectivity index (χ2n) is 6.35. The van der Waals surface area contributed by atoms with Crippen LogP contribution in [0.5, 0.6) is 0 Å². The molecule has 3 aromatic rings. The first-order chi connectivity index (χ1) is 11.7. The van der Waals surface area contributed by atoms with Gasteiger partial charge < -0.3 is 5.32 Å². The van der Waals surface area contributed by atoms with Crippen molar-refractivity contribution in [3.8, 4) is 10.6 Å². The molecular weight excluding hydrogens is 334 g/mol. The second kappa shape index (κ2) is 6.47. The number of benzene rings is 1. The number of hydrogen-bond acceptors (Lipinski definition) is 5. The van der Waals surface area contributed by atoms with E-state index in [1.165, 1.54) is 36.3 Å². The number of anilines is 1. The van der Waals surface area contributed by atoms with E-state index < -0.39 is 0 Å². The van der Waals surface area contributed by atoms with E-state index in [1.54, 1.807) is 0 Å². The Morgan fingerprint density at radius 2 is 2.12 bits per heavy atom. The maximum absolute atomic E-state index is 4.98. The van der Waals surface area contributed by atoms with Crippen LogP contribution in [-0.4, -0.2) is 29.5 Å². The normalized spacial score (nSPS) is 15.0. The molecule has 126 valence electrons. The van der Waals surface area contributed by atoms with Gasteiger partial charge in [-0.2, -0.15) is 0 Å². The molecule has 3 nitrogen and oxygen atoms in total. The van der Waals surface area contributed by atoms with Crippen LogP contribution in [0.3, 0.4) is 0 Å². The molecule has 0 saturated carbocycles. The van der Waals surface area contributed by atoms with E-state index in [4.69, 9.17) is 4.98 Å². The van der Waals surface area contributed by atoms with Crippen LogP contribution in [0, 0.1) is 6.92 Å². The maximum atomic E-state index is 4.98. The van der Waals surface area contributed by atoms with Gasteiger partial charge in [-0.05, 0) is 50.1 Å². The molecule has 2 aromatic heterocycles. The molecule has 0 saturated heterocycles. The summed E-state index contributed by atoms with van der Waals surface area (Å²) in [5, 5.41) is 6.06. The Morgan fingerprint density at radius 3 is 2.92 bits per heavy atom. The molecule has 4 rings (SSSR count). The summed E-state index contributed by atoms with van der Waals surface area (Å²) in [6, 6.07) is 6.58. The average molecular weight is 358 g/mol. The van der Waals surface area contributed by atoms with Crippen LogP contribution in [0.15, 0.2) is 18.2 Å². The van der Waals surface area contributed by atoms with Crippen molar-refractivity contribution in [3.05, 3.63) is 34.2 Å². The largest absolute Gasteiger partial charge is 0.377 e. The van der Waals surface area contributed by atoms with Gasteiger partial charge in [0.15, 0.2) is 0 Å². The first-order valence-corrected chi connectivity index (χ1v) is 10.3. The number of rotatable bonds is 4. The molecular formula is C19H23N3S2. The Kier molecular flexibility index (Phi) is 4.33. The molecule has 0 spiro atoms. The van der Waals surface area contributed by atoms with Crippen molar-refractivity contribution in [2.45, 2.75) is 33.7 Å². The van der Waals surface area contributed by atoms with Gasteiger partial charge in [0.1, 0.15) is 5.01 Å². The Morgan fingerprint density at radius 1 is 1.25 bits per heavy atom. The van der Waals surface area contributed by atoms with Gasteiger partial charge in [0.25, 0.3) is 0 Å². The predicted molar refractivity (Wildman–Crippen MR) is 106 cm³/mol. The van der Waals surface area contributed by atoms with Crippen molar-refractivity contribution in [2.24, 2.45) is 0 Å². The van der Waals surface area contributed by atoms with Gasteiger partial charge in [0.2, 0.25) is 0 Å². The van der Waals surface area contributed by atoms with Gasteiger partial charge in [-0.15, -0.1) is 22.7 Å². The monoisotopic (exact) mass is 357 g/mol. The smallest absolute Gasteiger partial charge is 0.127 e. The Hall–Kier alpha value is -1.43. The number of aromatic nitrogens is 1. The molecule has 0 amide bonds. The van der Waals surface area contributed by atoms with Gasteiger partial charge in [-0.1, -0.05) is 13.0 Å². The highest BCUT2D eigenvalue weighted by Gasteiger charge is 2.26. The van der Waals surface area contributed by atoms with Crippen LogP contribution in [0.25, 0.3) is 20.8 Å². The summed E-state index contributed by atoms with van der Waals surface area (Å²) in [6.45, 7) is 10.9. The third kappa shape index (κ3) is 2.75. The van der Waals surface area contributed by atoms with Crippen LogP contribution < -0.4 is 5.32 Å². The molecule has 24 heavy (non-hydrogen) atoms. The number of nitrogens with one attached hydrogen (secondary N) is 1. The third-order valence-corrected chi connectivity index (χ3v) is 6.91. The zero-order valence-electron chi connectivity index (χ0n) is 14.5. The Bertz CT molecular complexity index is 878. The number of likely N-dealkylation sites (N-methyl/N-ethyl adjacent to an activating group) is 1. The van der Waals surface area contributed by atoms with Crippen molar-refractivity contribution in [2.75, 3.05) is 25.0 Å². The van der Waals surface area contributed by atoms with Gasteiger partial charge in [-0.3, -0.25) is 4.90 Å². The lowest BCUT2D eigenvalue weighted by Gasteiger charge is -2.25. The predicted octanol–water partition coefficient (Wildman–Crippen LogP) is 5.14. The van der Waals surface area contributed by atoms with Crippen LogP contribution in [0.1, 0.15) is 29.9 Å². The summed E-state index contributed by atoms with van der Waals surface area (Å²) in [4.78, 5) is 9.02. The topological polar surface area (TPSA) is 28.2 Å². The second-order valence-corrected chi connectivity index (χ2v) is 8.48. The molecule has 1 aromatic carbocycles. The van der Waals surface area contributed by atoms with Crippen LogP contribution in [-0.2, 0) is 13.0 Å². The molecule has 0 radical (unpaired) electrons. The molecule has 1 N–H and O–H groups in total. The molecule has 0 aliphatic carbocycles. The number of hydrogen-bond donors (Lipinski definition) is 1. The quantitative estimate of drug-likeness (QED) is 0.700.